The normalized spacial score (nSPS) is 10.9. The average Bonchev–Trinajstić information content (AvgIpc) is 2.67. The molecule has 0 bridgehead atoms. The molecule has 80 valence electrons. The minimum Gasteiger partial charge on any atom is -0.465 e. The Kier molecular flexibility index (Phi) is 3.68. The summed E-state index contributed by atoms with van der Waals surface area (Å²) in [6, 6.07) is 3.33. The molecule has 0 aliphatic carbocycles. The summed E-state index contributed by atoms with van der Waals surface area (Å²) in [4.78, 5) is 22.0. The number of furan rings is 1. The monoisotopic (exact) mass is 209 g/mol. The van der Waals surface area contributed by atoms with Gasteiger partial charge < -0.3 is 14.5 Å². The van der Waals surface area contributed by atoms with Crippen molar-refractivity contribution in [2.24, 2.45) is 0 Å². The van der Waals surface area contributed by atoms with Crippen LogP contribution in [0.25, 0.3) is 6.08 Å². The molecule has 0 saturated carbocycles. The van der Waals surface area contributed by atoms with Gasteiger partial charge in [-0.2, -0.15) is 0 Å². The number of rotatable bonds is 3. The van der Waals surface area contributed by atoms with Gasteiger partial charge in [-0.3, -0.25) is 4.79 Å². The van der Waals surface area contributed by atoms with Gasteiger partial charge in [0.2, 0.25) is 5.91 Å². The minimum atomic E-state index is -0.624. The van der Waals surface area contributed by atoms with Crippen LogP contribution in [0.1, 0.15) is 12.7 Å². The predicted octanol–water partition coefficient (Wildman–Crippen LogP) is 0.930. The van der Waals surface area contributed by atoms with Crippen LogP contribution in [-0.2, 0) is 14.3 Å². The smallest absolute Gasteiger partial charge is 0.354 e. The molecule has 1 amide bonds. The number of hydrogen-bond acceptors (Lipinski definition) is 4. The number of carbonyl (C=O) groups is 2. The Morgan fingerprint density at radius 1 is 1.53 bits per heavy atom. The van der Waals surface area contributed by atoms with Gasteiger partial charge in [0.1, 0.15) is 11.5 Å². The third-order valence-electron chi connectivity index (χ3n) is 1.55. The molecule has 0 saturated heterocycles. The first kappa shape index (κ1) is 11.0. The van der Waals surface area contributed by atoms with E-state index in [9.17, 15) is 9.59 Å². The molecule has 0 fully saturated rings. The molecule has 1 aromatic heterocycles. The molecule has 1 N–H and O–H groups in total. The summed E-state index contributed by atoms with van der Waals surface area (Å²) in [7, 11) is 1.24. The number of methoxy groups -OCH3 is 1. The summed E-state index contributed by atoms with van der Waals surface area (Å²) in [5.74, 6) is -0.510. The maximum Gasteiger partial charge on any atom is 0.354 e. The Balaban J connectivity index is 2.90. The molecule has 0 aliphatic heterocycles. The molecule has 5 heteroatoms. The van der Waals surface area contributed by atoms with E-state index < -0.39 is 5.97 Å². The highest BCUT2D eigenvalue weighted by Crippen LogP contribution is 2.06. The van der Waals surface area contributed by atoms with Gasteiger partial charge in [0.25, 0.3) is 0 Å². The van der Waals surface area contributed by atoms with E-state index in [1.807, 2.05) is 0 Å². The van der Waals surface area contributed by atoms with Gasteiger partial charge in [-0.05, 0) is 12.1 Å². The van der Waals surface area contributed by atoms with Gasteiger partial charge in [0, 0.05) is 13.0 Å². The highest BCUT2D eigenvalue weighted by Gasteiger charge is 2.11. The molecular weight excluding hydrogens is 198 g/mol. The van der Waals surface area contributed by atoms with Crippen LogP contribution in [0.4, 0.5) is 0 Å². The fourth-order valence-electron chi connectivity index (χ4n) is 0.961. The van der Waals surface area contributed by atoms with Gasteiger partial charge in [0.05, 0.1) is 13.4 Å². The maximum absolute atomic E-state index is 11.2. The average molecular weight is 209 g/mol. The van der Waals surface area contributed by atoms with Gasteiger partial charge in [-0.1, -0.05) is 0 Å². The first-order valence-electron chi connectivity index (χ1n) is 4.24. The quantitative estimate of drug-likeness (QED) is 0.594. The third-order valence-corrected chi connectivity index (χ3v) is 1.55. The summed E-state index contributed by atoms with van der Waals surface area (Å²) >= 11 is 0. The van der Waals surface area contributed by atoms with Crippen LogP contribution in [0, 0.1) is 0 Å². The Morgan fingerprint density at radius 2 is 2.27 bits per heavy atom. The standard InChI is InChI=1S/C10H11NO4/c1-7(12)11-9(10(13)14-2)6-8-4-3-5-15-8/h3-6H,1-2H3,(H,11,12)/b9-6+. The van der Waals surface area contributed by atoms with Crippen molar-refractivity contribution in [1.82, 2.24) is 5.32 Å². The lowest BCUT2D eigenvalue weighted by Gasteiger charge is -2.04. The van der Waals surface area contributed by atoms with E-state index in [1.54, 1.807) is 12.1 Å². The molecule has 0 spiro atoms. The highest BCUT2D eigenvalue weighted by atomic mass is 16.5. The second-order valence-electron chi connectivity index (χ2n) is 2.75. The van der Waals surface area contributed by atoms with Crippen molar-refractivity contribution in [2.75, 3.05) is 7.11 Å². The predicted molar refractivity (Wildman–Crippen MR) is 52.5 cm³/mol. The van der Waals surface area contributed by atoms with E-state index in [2.05, 4.69) is 10.1 Å². The van der Waals surface area contributed by atoms with E-state index in [4.69, 9.17) is 4.42 Å². The SMILES string of the molecule is COC(=O)/C(=C\c1ccco1)NC(C)=O. The van der Waals surface area contributed by atoms with Gasteiger partial charge >= 0.3 is 5.97 Å². The molecule has 0 unspecified atom stereocenters. The summed E-state index contributed by atoms with van der Waals surface area (Å²) in [6.45, 7) is 1.30. The molecule has 1 aromatic rings. The zero-order chi connectivity index (χ0) is 11.3. The van der Waals surface area contributed by atoms with Crippen molar-refractivity contribution >= 4 is 18.0 Å². The number of ether oxygens (including phenoxy) is 1. The first-order valence-corrected chi connectivity index (χ1v) is 4.24. The Bertz CT molecular complexity index is 378. The summed E-state index contributed by atoms with van der Waals surface area (Å²) < 4.78 is 9.50. The van der Waals surface area contributed by atoms with Crippen molar-refractivity contribution in [1.29, 1.82) is 0 Å². The largest absolute Gasteiger partial charge is 0.465 e. The second kappa shape index (κ2) is 4.99. The first-order chi connectivity index (χ1) is 7.13. The highest BCUT2D eigenvalue weighted by molar-refractivity contribution is 5.97. The fraction of sp³-hybridized carbons (Fsp3) is 0.200. The van der Waals surface area contributed by atoms with Crippen LogP contribution >= 0.6 is 0 Å². The van der Waals surface area contributed by atoms with Crippen molar-refractivity contribution in [3.05, 3.63) is 29.9 Å². The topological polar surface area (TPSA) is 68.5 Å². The number of esters is 1. The molecule has 0 radical (unpaired) electrons. The fourth-order valence-corrected chi connectivity index (χ4v) is 0.961. The lowest BCUT2D eigenvalue weighted by Crippen LogP contribution is -2.25. The third kappa shape index (κ3) is 3.30. The van der Waals surface area contributed by atoms with Gasteiger partial charge in [-0.15, -0.1) is 0 Å². The van der Waals surface area contributed by atoms with Crippen LogP contribution in [0.5, 0.6) is 0 Å². The minimum absolute atomic E-state index is 0.0416. The van der Waals surface area contributed by atoms with Crippen molar-refractivity contribution in [3.63, 3.8) is 0 Å². The van der Waals surface area contributed by atoms with E-state index in [1.165, 1.54) is 26.4 Å². The van der Waals surface area contributed by atoms with Crippen LogP contribution in [-0.4, -0.2) is 19.0 Å². The number of nitrogens with one attached hydrogen (secondary N) is 1. The lowest BCUT2D eigenvalue weighted by molar-refractivity contribution is -0.137. The lowest BCUT2D eigenvalue weighted by atomic mass is 10.3. The molecule has 1 heterocycles. The molecule has 0 atom stereocenters. The summed E-state index contributed by atoms with van der Waals surface area (Å²) in [6.07, 6.45) is 2.86. The summed E-state index contributed by atoms with van der Waals surface area (Å²) in [5.41, 5.74) is 0.0416. The Labute approximate surface area is 86.7 Å². The van der Waals surface area contributed by atoms with Gasteiger partial charge in [0.15, 0.2) is 0 Å². The number of amides is 1. The summed E-state index contributed by atoms with van der Waals surface area (Å²) in [5, 5.41) is 2.36. The van der Waals surface area contributed by atoms with E-state index in [0.717, 1.165) is 0 Å². The van der Waals surface area contributed by atoms with E-state index in [-0.39, 0.29) is 11.6 Å². The molecule has 0 aromatic carbocycles. The zero-order valence-electron chi connectivity index (χ0n) is 8.44. The van der Waals surface area contributed by atoms with Crippen molar-refractivity contribution in [3.8, 4) is 0 Å². The second-order valence-corrected chi connectivity index (χ2v) is 2.75. The van der Waals surface area contributed by atoms with E-state index in [0.29, 0.717) is 5.76 Å². The molecule has 1 rings (SSSR count). The van der Waals surface area contributed by atoms with Crippen LogP contribution in [0.2, 0.25) is 0 Å². The Morgan fingerprint density at radius 3 is 2.73 bits per heavy atom. The van der Waals surface area contributed by atoms with Gasteiger partial charge in [-0.25, -0.2) is 4.79 Å². The zero-order valence-corrected chi connectivity index (χ0v) is 8.44. The van der Waals surface area contributed by atoms with Crippen molar-refractivity contribution < 1.29 is 18.7 Å². The number of hydrogen-bond donors (Lipinski definition) is 1. The number of carbonyl (C=O) groups excluding carboxylic acids is 2. The molecule has 15 heavy (non-hydrogen) atoms. The molecule has 5 nitrogen and oxygen atoms in total. The van der Waals surface area contributed by atoms with Crippen LogP contribution < -0.4 is 5.32 Å². The molecule has 0 aliphatic rings. The van der Waals surface area contributed by atoms with Crippen LogP contribution in [0.15, 0.2) is 28.5 Å². The van der Waals surface area contributed by atoms with Crippen LogP contribution in [0.3, 0.4) is 0 Å². The maximum atomic E-state index is 11.2. The Hall–Kier alpha value is -2.04. The van der Waals surface area contributed by atoms with E-state index >= 15 is 0 Å². The molecular formula is C10H11NO4. The van der Waals surface area contributed by atoms with Crippen molar-refractivity contribution in [2.45, 2.75) is 6.92 Å².